The van der Waals surface area contributed by atoms with E-state index in [4.69, 9.17) is 4.74 Å². The zero-order valence-corrected chi connectivity index (χ0v) is 34.3. The molecule has 0 radical (unpaired) electrons. The molecule has 1 aliphatic rings. The second kappa shape index (κ2) is 17.3. The Morgan fingerprint density at radius 1 is 0.774 bits per heavy atom. The predicted octanol–water partition coefficient (Wildman–Crippen LogP) is 7.70. The van der Waals surface area contributed by atoms with Crippen molar-refractivity contribution in [3.8, 4) is 16.8 Å². The van der Waals surface area contributed by atoms with Crippen molar-refractivity contribution < 1.29 is 22.3 Å². The van der Waals surface area contributed by atoms with E-state index in [0.29, 0.717) is 29.3 Å². The number of anilines is 2. The number of nitrogens with zero attached hydrogens (tertiary/aromatic N) is 8. The minimum Gasteiger partial charge on any atom is -0.372 e. The highest BCUT2D eigenvalue weighted by atomic mass is 19.3. The molecule has 1 unspecified atom stereocenters. The van der Waals surface area contributed by atoms with Crippen LogP contribution in [0.3, 0.4) is 0 Å². The van der Waals surface area contributed by atoms with Crippen LogP contribution in [-0.2, 0) is 22.8 Å². The van der Waals surface area contributed by atoms with E-state index < -0.39 is 40.0 Å². The van der Waals surface area contributed by atoms with Crippen molar-refractivity contribution in [3.63, 3.8) is 0 Å². The zero-order valence-electron chi connectivity index (χ0n) is 34.3. The number of alkyl halides is 2. The Labute approximate surface area is 354 Å². The lowest BCUT2D eigenvalue weighted by Crippen LogP contribution is -2.48. The highest BCUT2D eigenvalue weighted by Gasteiger charge is 2.57. The molecule has 4 aromatic carbocycles. The van der Waals surface area contributed by atoms with E-state index in [9.17, 15) is 14.0 Å². The first-order chi connectivity index (χ1) is 29.9. The highest BCUT2D eigenvalue weighted by molar-refractivity contribution is 5.66. The third-order valence-electron chi connectivity index (χ3n) is 11.8. The van der Waals surface area contributed by atoms with Crippen LogP contribution in [0.5, 0.6) is 0 Å². The fraction of sp³-hybridized carbons (Fsp3) is 0.283. The first-order valence-corrected chi connectivity index (χ1v) is 20.3. The van der Waals surface area contributed by atoms with Crippen molar-refractivity contribution in [2.75, 3.05) is 36.0 Å². The molecule has 12 nitrogen and oxygen atoms in total. The Bertz CT molecular complexity index is 2730. The third kappa shape index (κ3) is 8.05. The summed E-state index contributed by atoms with van der Waals surface area (Å²) in [7, 11) is 0. The van der Waals surface area contributed by atoms with Gasteiger partial charge >= 0.3 is 17.3 Å². The molecule has 320 valence electrons. The molecule has 0 saturated carbocycles. The maximum Gasteiger partial charge on any atom is 0.361 e. The Balaban J connectivity index is 0.894. The van der Waals surface area contributed by atoms with Crippen LogP contribution in [0.4, 0.5) is 28.9 Å². The topological polar surface area (TPSA) is 119 Å². The molecule has 3 atom stereocenters. The number of piperazine rings is 1. The Morgan fingerprint density at radius 3 is 1.98 bits per heavy atom. The van der Waals surface area contributed by atoms with Crippen LogP contribution in [-0.4, -0.2) is 66.4 Å². The number of hydrogen-bond donors (Lipinski definition) is 1. The van der Waals surface area contributed by atoms with Gasteiger partial charge in [0.25, 0.3) is 0 Å². The van der Waals surface area contributed by atoms with Crippen LogP contribution in [0.25, 0.3) is 16.8 Å². The lowest BCUT2D eigenvalue weighted by Gasteiger charge is -2.38. The van der Waals surface area contributed by atoms with Crippen molar-refractivity contribution in [1.82, 2.24) is 34.1 Å². The molecule has 0 bridgehead atoms. The van der Waals surface area contributed by atoms with Gasteiger partial charge in [0.2, 0.25) is 0 Å². The van der Waals surface area contributed by atoms with E-state index in [2.05, 4.69) is 30.0 Å². The molecule has 0 amide bonds. The van der Waals surface area contributed by atoms with Crippen LogP contribution < -0.4 is 21.2 Å². The molecule has 7 aromatic rings. The van der Waals surface area contributed by atoms with Crippen LogP contribution in [0.2, 0.25) is 0 Å². The van der Waals surface area contributed by atoms with Crippen molar-refractivity contribution in [2.24, 2.45) is 0 Å². The number of rotatable bonds is 14. The molecule has 1 N–H and O–H groups in total. The Kier molecular flexibility index (Phi) is 11.7. The lowest BCUT2D eigenvalue weighted by molar-refractivity contribution is -0.103. The summed E-state index contributed by atoms with van der Waals surface area (Å²) in [5.41, 5.74) is 0.228. The van der Waals surface area contributed by atoms with Gasteiger partial charge in [0, 0.05) is 60.9 Å². The number of benzene rings is 4. The van der Waals surface area contributed by atoms with Crippen molar-refractivity contribution in [3.05, 3.63) is 177 Å². The smallest absolute Gasteiger partial charge is 0.361 e. The lowest BCUT2D eigenvalue weighted by atomic mass is 9.83. The van der Waals surface area contributed by atoms with E-state index in [0.717, 1.165) is 85.8 Å². The van der Waals surface area contributed by atoms with Gasteiger partial charge in [-0.05, 0) is 79.9 Å². The first-order valence-electron chi connectivity index (χ1n) is 20.3. The second-order valence-corrected chi connectivity index (χ2v) is 15.5. The summed E-state index contributed by atoms with van der Waals surface area (Å²) in [4.78, 5) is 37.6. The highest BCUT2D eigenvalue weighted by Crippen LogP contribution is 2.48. The standard InChI is InChI=1S/C46H45F4N9O3/c1-4-41(31(2)62-28-32-8-6-5-7-9-32)59-44(61)57(30-53-59)38-18-16-37(17-19-38)56-24-22-55(23-25-56)36-14-10-33(11-15-36)34-12-21-42(51-27-34)46(49,50)45(3,58-29-52-43(60)54-58)39-20-13-35(47)26-40(39)48/h5-21,26-27,29-31,41H,4,22-25,28H2,1-3H3,(H,54,60)/t31-,41-,45?/m0/s1. The zero-order chi connectivity index (χ0) is 43.6. The average molecular weight is 848 g/mol. The van der Waals surface area contributed by atoms with Crippen molar-refractivity contribution >= 4 is 11.4 Å². The number of H-pyrrole nitrogens is 1. The molecule has 0 spiro atoms. The largest absolute Gasteiger partial charge is 0.372 e. The van der Waals surface area contributed by atoms with Crippen LogP contribution in [0, 0.1) is 11.6 Å². The molecule has 3 aromatic heterocycles. The molecular weight excluding hydrogens is 803 g/mol. The van der Waals surface area contributed by atoms with E-state index in [1.807, 2.05) is 92.7 Å². The van der Waals surface area contributed by atoms with Gasteiger partial charge in [-0.15, -0.1) is 0 Å². The van der Waals surface area contributed by atoms with Gasteiger partial charge in [-0.3, -0.25) is 9.67 Å². The predicted molar refractivity (Wildman–Crippen MR) is 228 cm³/mol. The summed E-state index contributed by atoms with van der Waals surface area (Å²) in [6.45, 7) is 8.53. The molecule has 62 heavy (non-hydrogen) atoms. The quantitative estimate of drug-likeness (QED) is 0.111. The number of aromatic amines is 1. The summed E-state index contributed by atoms with van der Waals surface area (Å²) in [6.07, 6.45) is 4.18. The third-order valence-corrected chi connectivity index (χ3v) is 11.8. The molecule has 0 aliphatic carbocycles. The van der Waals surface area contributed by atoms with Gasteiger partial charge in [0.1, 0.15) is 30.0 Å². The fourth-order valence-electron chi connectivity index (χ4n) is 8.08. The maximum absolute atomic E-state index is 16.5. The monoisotopic (exact) mass is 847 g/mol. The summed E-state index contributed by atoms with van der Waals surface area (Å²) < 4.78 is 71.8. The molecule has 1 saturated heterocycles. The normalized spacial score (nSPS) is 15.3. The van der Waals surface area contributed by atoms with Gasteiger partial charge in [0.05, 0.1) is 24.4 Å². The fourth-order valence-corrected chi connectivity index (χ4v) is 8.08. The molecule has 8 rings (SSSR count). The van der Waals surface area contributed by atoms with Gasteiger partial charge < -0.3 is 14.5 Å². The molecule has 1 aliphatic heterocycles. The van der Waals surface area contributed by atoms with Crippen LogP contribution >= 0.6 is 0 Å². The maximum atomic E-state index is 16.5. The number of nitrogens with one attached hydrogen (secondary N) is 1. The van der Waals surface area contributed by atoms with E-state index >= 15 is 13.2 Å². The number of halogens is 4. The van der Waals surface area contributed by atoms with Crippen LogP contribution in [0.1, 0.15) is 50.1 Å². The minimum atomic E-state index is -3.90. The van der Waals surface area contributed by atoms with Crippen LogP contribution in [0.15, 0.2) is 138 Å². The van der Waals surface area contributed by atoms with E-state index in [1.54, 1.807) is 10.9 Å². The number of aromatic nitrogens is 7. The van der Waals surface area contributed by atoms with E-state index in [-0.39, 0.29) is 17.8 Å². The second-order valence-electron chi connectivity index (χ2n) is 15.5. The summed E-state index contributed by atoms with van der Waals surface area (Å²) >= 11 is 0. The van der Waals surface area contributed by atoms with Gasteiger partial charge in [-0.2, -0.15) is 18.9 Å². The van der Waals surface area contributed by atoms with Crippen molar-refractivity contribution in [2.45, 2.75) is 57.4 Å². The summed E-state index contributed by atoms with van der Waals surface area (Å²) in [5.74, 6) is -6.06. The SMILES string of the molecule is CC[C@@H]([C@H](C)OCc1ccccc1)n1ncn(-c2ccc(N3CCN(c4ccc(-c5ccc(C(F)(F)C(C)(c6ccc(F)cc6F)n6cnc(=O)[nH]6)nc5)cc4)CC3)cc2)c1=O. The van der Waals surface area contributed by atoms with Gasteiger partial charge in [-0.25, -0.2) is 32.7 Å². The summed E-state index contributed by atoms with van der Waals surface area (Å²) in [6, 6.07) is 30.3. The summed E-state index contributed by atoms with van der Waals surface area (Å²) in [5, 5.41) is 6.66. The number of hydrogen-bond acceptors (Lipinski definition) is 8. The number of ether oxygens (including phenoxy) is 1. The average Bonchev–Trinajstić information content (AvgIpc) is 3.91. The van der Waals surface area contributed by atoms with Crippen molar-refractivity contribution in [1.29, 1.82) is 0 Å². The molecule has 16 heteroatoms. The minimum absolute atomic E-state index is 0.222. The molecular formula is C46H45F4N9O3. The Hall–Kier alpha value is -6.81. The molecule has 1 fully saturated rings. The van der Waals surface area contributed by atoms with E-state index in [1.165, 1.54) is 16.9 Å². The van der Waals surface area contributed by atoms with Gasteiger partial charge in [-0.1, -0.05) is 61.5 Å². The molecule has 4 heterocycles. The Morgan fingerprint density at radius 2 is 1.40 bits per heavy atom. The number of pyridine rings is 1. The van der Waals surface area contributed by atoms with Gasteiger partial charge in [0.15, 0.2) is 5.54 Å². The first kappa shape index (κ1) is 41.9.